The van der Waals surface area contributed by atoms with Crippen LogP contribution < -0.4 is 10.1 Å². The maximum atomic E-state index is 12.0. The number of nitrogens with one attached hydrogen (secondary N) is 1. The molecule has 1 heterocycles. The molecule has 1 amide bonds. The number of aromatic nitrogens is 3. The number of benzene rings is 2. The Balaban J connectivity index is 1.46. The van der Waals surface area contributed by atoms with Crippen molar-refractivity contribution in [2.75, 3.05) is 11.9 Å². The molecule has 6 nitrogen and oxygen atoms in total. The fraction of sp³-hybridized carbons (Fsp3) is 0.167. The van der Waals surface area contributed by atoms with Crippen molar-refractivity contribution in [2.24, 2.45) is 7.05 Å². The van der Waals surface area contributed by atoms with E-state index in [1.165, 1.54) is 11.8 Å². The third-order valence-corrected chi connectivity index (χ3v) is 4.42. The minimum Gasteiger partial charge on any atom is -0.493 e. The zero-order valence-corrected chi connectivity index (χ0v) is 14.6. The van der Waals surface area contributed by atoms with Crippen LogP contribution >= 0.6 is 11.8 Å². The molecule has 25 heavy (non-hydrogen) atoms. The number of nitrogens with zero attached hydrogens (tertiary/aromatic N) is 3. The van der Waals surface area contributed by atoms with Gasteiger partial charge in [-0.2, -0.15) is 0 Å². The van der Waals surface area contributed by atoms with Crippen LogP contribution in [0.25, 0.3) is 0 Å². The molecule has 3 aromatic rings. The highest BCUT2D eigenvalue weighted by Crippen LogP contribution is 2.26. The summed E-state index contributed by atoms with van der Waals surface area (Å²) in [6.07, 6.45) is 1.96. The number of amides is 1. The molecule has 0 atom stereocenters. The van der Waals surface area contributed by atoms with Crippen LogP contribution in [0, 0.1) is 0 Å². The normalized spacial score (nSPS) is 10.4. The summed E-state index contributed by atoms with van der Waals surface area (Å²) in [7, 11) is 1.90. The van der Waals surface area contributed by atoms with Crippen LogP contribution in [-0.4, -0.2) is 27.3 Å². The number of ether oxygens (including phenoxy) is 1. The van der Waals surface area contributed by atoms with Crippen molar-refractivity contribution >= 4 is 23.4 Å². The van der Waals surface area contributed by atoms with E-state index in [9.17, 15) is 4.79 Å². The molecule has 0 saturated heterocycles. The second kappa shape index (κ2) is 8.34. The zero-order chi connectivity index (χ0) is 17.5. The van der Waals surface area contributed by atoms with Crippen LogP contribution in [0.3, 0.4) is 0 Å². The molecule has 3 rings (SSSR count). The van der Waals surface area contributed by atoms with Gasteiger partial charge in [0, 0.05) is 17.6 Å². The number of hydrogen-bond donors (Lipinski definition) is 1. The first-order valence-corrected chi connectivity index (χ1v) is 8.62. The average molecular weight is 354 g/mol. The summed E-state index contributed by atoms with van der Waals surface area (Å²) in [6.45, 7) is 0.343. The molecule has 0 aliphatic rings. The number of rotatable bonds is 7. The van der Waals surface area contributed by atoms with Crippen molar-refractivity contribution < 1.29 is 9.53 Å². The zero-order valence-electron chi connectivity index (χ0n) is 13.8. The maximum absolute atomic E-state index is 12.0. The van der Waals surface area contributed by atoms with Gasteiger partial charge in [0.1, 0.15) is 12.1 Å². The predicted octanol–water partition coefficient (Wildman–Crippen LogP) is 3.37. The summed E-state index contributed by atoms with van der Waals surface area (Å²) in [4.78, 5) is 13.0. The lowest BCUT2D eigenvalue weighted by Gasteiger charge is -2.08. The molecule has 2 aromatic carbocycles. The van der Waals surface area contributed by atoms with Crippen molar-refractivity contribution in [1.82, 2.24) is 14.8 Å². The van der Waals surface area contributed by atoms with Gasteiger partial charge in [-0.05, 0) is 48.2 Å². The van der Waals surface area contributed by atoms with Gasteiger partial charge in [0.05, 0.1) is 13.0 Å². The molecule has 0 saturated carbocycles. The van der Waals surface area contributed by atoms with Gasteiger partial charge in [0.2, 0.25) is 5.91 Å². The first kappa shape index (κ1) is 17.0. The van der Waals surface area contributed by atoms with Crippen LogP contribution in [0.1, 0.15) is 6.42 Å². The van der Waals surface area contributed by atoms with Gasteiger partial charge in [-0.3, -0.25) is 4.79 Å². The third-order valence-electron chi connectivity index (χ3n) is 3.36. The van der Waals surface area contributed by atoms with Gasteiger partial charge in [-0.15, -0.1) is 10.2 Å². The minimum absolute atomic E-state index is 0.0790. The van der Waals surface area contributed by atoms with Gasteiger partial charge in [-0.1, -0.05) is 18.2 Å². The Kier molecular flexibility index (Phi) is 5.69. The smallest absolute Gasteiger partial charge is 0.227 e. The van der Waals surface area contributed by atoms with Crippen molar-refractivity contribution in [1.29, 1.82) is 0 Å². The first-order chi connectivity index (χ1) is 12.2. The van der Waals surface area contributed by atoms with Crippen LogP contribution in [0.15, 0.2) is 71.0 Å². The van der Waals surface area contributed by atoms with Crippen LogP contribution in [0.4, 0.5) is 5.69 Å². The summed E-state index contributed by atoms with van der Waals surface area (Å²) in [6, 6.07) is 17.1. The SMILES string of the molecule is Cn1cnnc1Sc1ccc(NC(=O)CCOc2ccccc2)cc1. The third kappa shape index (κ3) is 5.09. The van der Waals surface area contributed by atoms with E-state index in [0.29, 0.717) is 13.0 Å². The second-order valence-corrected chi connectivity index (χ2v) is 6.35. The molecule has 1 N–H and O–H groups in total. The Labute approximate surface area is 150 Å². The Bertz CT molecular complexity index is 819. The molecule has 0 aliphatic heterocycles. The van der Waals surface area contributed by atoms with Crippen LogP contribution in [0.2, 0.25) is 0 Å². The molecule has 128 valence electrons. The Morgan fingerprint density at radius 3 is 2.60 bits per heavy atom. The van der Waals surface area contributed by atoms with E-state index in [1.54, 1.807) is 6.33 Å². The van der Waals surface area contributed by atoms with Gasteiger partial charge < -0.3 is 14.6 Å². The topological polar surface area (TPSA) is 69.0 Å². The molecule has 0 spiro atoms. The van der Waals surface area contributed by atoms with E-state index < -0.39 is 0 Å². The molecular weight excluding hydrogens is 336 g/mol. The summed E-state index contributed by atoms with van der Waals surface area (Å²) in [5.41, 5.74) is 0.757. The lowest BCUT2D eigenvalue weighted by Crippen LogP contribution is -2.15. The fourth-order valence-corrected chi connectivity index (χ4v) is 2.84. The Morgan fingerprint density at radius 1 is 1.16 bits per heavy atom. The van der Waals surface area contributed by atoms with Gasteiger partial charge >= 0.3 is 0 Å². The molecular formula is C18H18N4O2S. The predicted molar refractivity (Wildman–Crippen MR) is 96.8 cm³/mol. The Morgan fingerprint density at radius 2 is 1.92 bits per heavy atom. The molecule has 1 aromatic heterocycles. The number of carbonyl (C=O) groups excluding carboxylic acids is 1. The largest absolute Gasteiger partial charge is 0.493 e. The first-order valence-electron chi connectivity index (χ1n) is 7.80. The van der Waals surface area contributed by atoms with E-state index in [4.69, 9.17) is 4.74 Å². The van der Waals surface area contributed by atoms with E-state index in [2.05, 4.69) is 15.5 Å². The number of para-hydroxylation sites is 1. The number of aryl methyl sites for hydroxylation is 1. The molecule has 0 radical (unpaired) electrons. The minimum atomic E-state index is -0.0790. The molecule has 7 heteroatoms. The molecule has 0 aliphatic carbocycles. The highest BCUT2D eigenvalue weighted by atomic mass is 32.2. The molecule has 0 fully saturated rings. The summed E-state index contributed by atoms with van der Waals surface area (Å²) in [5.74, 6) is 0.685. The van der Waals surface area contributed by atoms with E-state index in [-0.39, 0.29) is 5.91 Å². The lowest BCUT2D eigenvalue weighted by atomic mass is 10.3. The highest BCUT2D eigenvalue weighted by Gasteiger charge is 2.06. The fourth-order valence-electron chi connectivity index (χ4n) is 2.08. The van der Waals surface area contributed by atoms with Crippen molar-refractivity contribution in [3.63, 3.8) is 0 Å². The Hall–Kier alpha value is -2.80. The van der Waals surface area contributed by atoms with Gasteiger partial charge in [0.25, 0.3) is 0 Å². The van der Waals surface area contributed by atoms with Crippen molar-refractivity contribution in [3.05, 3.63) is 60.9 Å². The summed E-state index contributed by atoms with van der Waals surface area (Å²) >= 11 is 1.52. The van der Waals surface area contributed by atoms with E-state index >= 15 is 0 Å². The lowest BCUT2D eigenvalue weighted by molar-refractivity contribution is -0.116. The molecule has 0 unspecified atom stereocenters. The number of carbonyl (C=O) groups is 1. The summed E-state index contributed by atoms with van der Waals surface area (Å²) in [5, 5.41) is 11.6. The number of anilines is 1. The maximum Gasteiger partial charge on any atom is 0.227 e. The highest BCUT2D eigenvalue weighted by molar-refractivity contribution is 7.99. The van der Waals surface area contributed by atoms with E-state index in [1.807, 2.05) is 66.2 Å². The van der Waals surface area contributed by atoms with Gasteiger partial charge in [0.15, 0.2) is 5.16 Å². The van der Waals surface area contributed by atoms with E-state index in [0.717, 1.165) is 21.5 Å². The van der Waals surface area contributed by atoms with Crippen molar-refractivity contribution in [2.45, 2.75) is 16.5 Å². The van der Waals surface area contributed by atoms with Crippen LogP contribution in [-0.2, 0) is 11.8 Å². The monoisotopic (exact) mass is 354 g/mol. The average Bonchev–Trinajstić information content (AvgIpc) is 3.02. The summed E-state index contributed by atoms with van der Waals surface area (Å²) < 4.78 is 7.38. The van der Waals surface area contributed by atoms with Crippen molar-refractivity contribution in [3.8, 4) is 5.75 Å². The molecule has 0 bridgehead atoms. The quantitative estimate of drug-likeness (QED) is 0.704. The van der Waals surface area contributed by atoms with Gasteiger partial charge in [-0.25, -0.2) is 0 Å². The standard InChI is InChI=1S/C18H18N4O2S/c1-22-13-19-21-18(22)25-16-9-7-14(8-10-16)20-17(23)11-12-24-15-5-3-2-4-6-15/h2-10,13H,11-12H2,1H3,(H,20,23). The second-order valence-electron chi connectivity index (χ2n) is 5.31. The van der Waals surface area contributed by atoms with Crippen LogP contribution in [0.5, 0.6) is 5.75 Å². The number of hydrogen-bond acceptors (Lipinski definition) is 5.